The van der Waals surface area contributed by atoms with Gasteiger partial charge in [-0.25, -0.2) is 4.79 Å². The Balaban J connectivity index is 1.52. The van der Waals surface area contributed by atoms with Crippen molar-refractivity contribution in [3.05, 3.63) is 59.1 Å². The summed E-state index contributed by atoms with van der Waals surface area (Å²) in [4.78, 5) is 11.5. The second-order valence-electron chi connectivity index (χ2n) is 8.11. The number of ether oxygens (including phenoxy) is 2. The molecule has 5 nitrogen and oxygen atoms in total. The summed E-state index contributed by atoms with van der Waals surface area (Å²) in [5.41, 5.74) is 2.85. The number of hydrogen-bond acceptors (Lipinski definition) is 4. The highest BCUT2D eigenvalue weighted by molar-refractivity contribution is 6.33. The van der Waals surface area contributed by atoms with Crippen LogP contribution >= 0.6 is 11.6 Å². The molecule has 0 atom stereocenters. The summed E-state index contributed by atoms with van der Waals surface area (Å²) in [7, 11) is 0. The standard InChI is InChI=1S/C24H33ClN2O3/c1-24(2,3)30-23(28)27-13-7-8-15-29-16-14-26-18-19-11-12-21(22(25)17-19)20-9-5-4-6-10-20/h4-6,9-12,17,26H,7-8,13-16,18H2,1-3H3,(H,27,28). The lowest BCUT2D eigenvalue weighted by Gasteiger charge is -2.19. The van der Waals surface area contributed by atoms with E-state index in [0.29, 0.717) is 19.8 Å². The van der Waals surface area contributed by atoms with Crippen LogP contribution in [0.2, 0.25) is 5.02 Å². The number of unbranched alkanes of at least 4 members (excludes halogenated alkanes) is 1. The Labute approximate surface area is 185 Å². The van der Waals surface area contributed by atoms with E-state index >= 15 is 0 Å². The van der Waals surface area contributed by atoms with Crippen molar-refractivity contribution in [2.45, 2.75) is 45.8 Å². The molecule has 0 fully saturated rings. The first-order chi connectivity index (χ1) is 14.3. The minimum absolute atomic E-state index is 0.371. The van der Waals surface area contributed by atoms with E-state index in [0.717, 1.165) is 47.6 Å². The van der Waals surface area contributed by atoms with Gasteiger partial charge in [0, 0.05) is 36.8 Å². The van der Waals surface area contributed by atoms with Crippen LogP contribution in [0.5, 0.6) is 0 Å². The van der Waals surface area contributed by atoms with Crippen LogP contribution in [0.25, 0.3) is 11.1 Å². The van der Waals surface area contributed by atoms with Crippen LogP contribution in [-0.4, -0.2) is 38.0 Å². The summed E-state index contributed by atoms with van der Waals surface area (Å²) in [6, 6.07) is 16.3. The minimum atomic E-state index is -0.463. The second-order valence-corrected chi connectivity index (χ2v) is 8.51. The Hall–Kier alpha value is -2.08. The lowest BCUT2D eigenvalue weighted by Crippen LogP contribution is -2.33. The molecule has 2 rings (SSSR count). The van der Waals surface area contributed by atoms with E-state index in [9.17, 15) is 4.79 Å². The number of alkyl carbamates (subject to hydrolysis) is 1. The van der Waals surface area contributed by atoms with E-state index in [4.69, 9.17) is 21.1 Å². The van der Waals surface area contributed by atoms with E-state index in [-0.39, 0.29) is 6.09 Å². The molecule has 2 N–H and O–H groups in total. The third-order valence-electron chi connectivity index (χ3n) is 4.25. The van der Waals surface area contributed by atoms with Gasteiger partial charge in [0.25, 0.3) is 0 Å². The zero-order valence-corrected chi connectivity index (χ0v) is 18.9. The van der Waals surface area contributed by atoms with Crippen LogP contribution in [0.15, 0.2) is 48.5 Å². The highest BCUT2D eigenvalue weighted by Crippen LogP contribution is 2.28. The van der Waals surface area contributed by atoms with Crippen molar-refractivity contribution in [3.8, 4) is 11.1 Å². The molecule has 0 heterocycles. The van der Waals surface area contributed by atoms with Crippen LogP contribution in [0.1, 0.15) is 39.2 Å². The van der Waals surface area contributed by atoms with Crippen LogP contribution in [0, 0.1) is 0 Å². The van der Waals surface area contributed by atoms with Gasteiger partial charge in [-0.3, -0.25) is 0 Å². The highest BCUT2D eigenvalue weighted by Gasteiger charge is 2.15. The van der Waals surface area contributed by atoms with Crippen molar-refractivity contribution in [2.24, 2.45) is 0 Å². The number of carbonyl (C=O) groups is 1. The first-order valence-corrected chi connectivity index (χ1v) is 10.8. The molecule has 0 aliphatic carbocycles. The number of carbonyl (C=O) groups excluding carboxylic acids is 1. The molecule has 0 unspecified atom stereocenters. The molecule has 30 heavy (non-hydrogen) atoms. The van der Waals surface area contributed by atoms with Gasteiger partial charge in [0.05, 0.1) is 6.61 Å². The molecule has 0 aromatic heterocycles. The van der Waals surface area contributed by atoms with Crippen molar-refractivity contribution in [2.75, 3.05) is 26.3 Å². The minimum Gasteiger partial charge on any atom is -0.444 e. The molecular formula is C24H33ClN2O3. The molecule has 0 spiro atoms. The van der Waals surface area contributed by atoms with E-state index < -0.39 is 5.60 Å². The zero-order valence-electron chi connectivity index (χ0n) is 18.2. The van der Waals surface area contributed by atoms with Crippen LogP contribution in [0.3, 0.4) is 0 Å². The number of benzene rings is 2. The summed E-state index contributed by atoms with van der Waals surface area (Å²) >= 11 is 6.45. The summed E-state index contributed by atoms with van der Waals surface area (Å²) in [6.07, 6.45) is 1.38. The molecule has 0 aliphatic rings. The Bertz CT molecular complexity index is 776. The third kappa shape index (κ3) is 9.61. The highest BCUT2D eigenvalue weighted by atomic mass is 35.5. The van der Waals surface area contributed by atoms with Crippen molar-refractivity contribution in [1.82, 2.24) is 10.6 Å². The SMILES string of the molecule is CC(C)(C)OC(=O)NCCCCOCCNCc1ccc(-c2ccccc2)c(Cl)c1. The van der Waals surface area contributed by atoms with Gasteiger partial charge in [0.2, 0.25) is 0 Å². The molecule has 2 aromatic rings. The molecule has 0 aliphatic heterocycles. The van der Waals surface area contributed by atoms with Gasteiger partial charge >= 0.3 is 6.09 Å². The Kier molecular flexibility index (Phi) is 10.1. The number of amides is 1. The quantitative estimate of drug-likeness (QED) is 0.465. The largest absolute Gasteiger partial charge is 0.444 e. The fourth-order valence-corrected chi connectivity index (χ4v) is 3.15. The molecule has 6 heteroatoms. The third-order valence-corrected chi connectivity index (χ3v) is 4.57. The molecular weight excluding hydrogens is 400 g/mol. The summed E-state index contributed by atoms with van der Waals surface area (Å²) in [6.45, 7) is 8.99. The Morgan fingerprint density at radius 2 is 1.77 bits per heavy atom. The Morgan fingerprint density at radius 3 is 2.47 bits per heavy atom. The predicted octanol–water partition coefficient (Wildman–Crippen LogP) is 5.42. The smallest absolute Gasteiger partial charge is 0.407 e. The second kappa shape index (κ2) is 12.6. The van der Waals surface area contributed by atoms with Crippen LogP contribution in [0.4, 0.5) is 4.79 Å². The van der Waals surface area contributed by atoms with Crippen molar-refractivity contribution < 1.29 is 14.3 Å². The summed E-state index contributed by atoms with van der Waals surface area (Å²) in [5, 5.41) is 6.88. The Morgan fingerprint density at radius 1 is 1.00 bits per heavy atom. The lowest BCUT2D eigenvalue weighted by atomic mass is 10.0. The molecule has 0 saturated carbocycles. The normalized spacial score (nSPS) is 11.3. The van der Waals surface area contributed by atoms with E-state index in [1.54, 1.807) is 0 Å². The van der Waals surface area contributed by atoms with Gasteiger partial charge in [-0.2, -0.15) is 0 Å². The molecule has 164 valence electrons. The lowest BCUT2D eigenvalue weighted by molar-refractivity contribution is 0.0524. The molecule has 1 amide bonds. The first kappa shape index (κ1) is 24.2. The van der Waals surface area contributed by atoms with E-state index in [1.165, 1.54) is 0 Å². The van der Waals surface area contributed by atoms with Gasteiger partial charge < -0.3 is 20.1 Å². The van der Waals surface area contributed by atoms with Crippen molar-refractivity contribution in [3.63, 3.8) is 0 Å². The average molecular weight is 433 g/mol. The summed E-state index contributed by atoms with van der Waals surface area (Å²) in [5.74, 6) is 0. The maximum absolute atomic E-state index is 11.5. The van der Waals surface area contributed by atoms with E-state index in [1.807, 2.05) is 45.0 Å². The number of rotatable bonds is 11. The maximum Gasteiger partial charge on any atom is 0.407 e. The predicted molar refractivity (Wildman–Crippen MR) is 123 cm³/mol. The molecule has 2 aromatic carbocycles. The average Bonchev–Trinajstić information content (AvgIpc) is 2.69. The number of nitrogens with one attached hydrogen (secondary N) is 2. The molecule has 0 saturated heterocycles. The van der Waals surface area contributed by atoms with Crippen molar-refractivity contribution >= 4 is 17.7 Å². The van der Waals surface area contributed by atoms with Gasteiger partial charge in [-0.15, -0.1) is 0 Å². The maximum atomic E-state index is 11.5. The van der Waals surface area contributed by atoms with Gasteiger partial charge in [0.15, 0.2) is 0 Å². The topological polar surface area (TPSA) is 59.6 Å². The monoisotopic (exact) mass is 432 g/mol. The number of halogens is 1. The van der Waals surface area contributed by atoms with Crippen molar-refractivity contribution in [1.29, 1.82) is 0 Å². The molecule has 0 radical (unpaired) electrons. The number of hydrogen-bond donors (Lipinski definition) is 2. The van der Waals surface area contributed by atoms with Gasteiger partial charge in [-0.1, -0.05) is 54.1 Å². The van der Waals surface area contributed by atoms with Gasteiger partial charge in [-0.05, 0) is 50.8 Å². The molecule has 0 bridgehead atoms. The van der Waals surface area contributed by atoms with Crippen LogP contribution < -0.4 is 10.6 Å². The fraction of sp³-hybridized carbons (Fsp3) is 0.458. The van der Waals surface area contributed by atoms with Gasteiger partial charge in [0.1, 0.15) is 5.60 Å². The fourth-order valence-electron chi connectivity index (χ4n) is 2.83. The zero-order chi connectivity index (χ0) is 21.8. The summed E-state index contributed by atoms with van der Waals surface area (Å²) < 4.78 is 10.8. The van der Waals surface area contributed by atoms with E-state index in [2.05, 4.69) is 34.9 Å². The first-order valence-electron chi connectivity index (χ1n) is 10.4. The van der Waals surface area contributed by atoms with Crippen LogP contribution in [-0.2, 0) is 16.0 Å².